The third kappa shape index (κ3) is 4.86. The Morgan fingerprint density at radius 3 is 2.65 bits per heavy atom. The van der Waals surface area contributed by atoms with Crippen molar-refractivity contribution in [2.75, 3.05) is 43.4 Å². The highest BCUT2D eigenvalue weighted by atomic mass is 16.3. The molecule has 0 radical (unpaired) electrons. The van der Waals surface area contributed by atoms with E-state index in [1.807, 2.05) is 13.0 Å². The van der Waals surface area contributed by atoms with E-state index in [1.165, 1.54) is 19.3 Å². The Kier molecular flexibility index (Phi) is 6.71. The van der Waals surface area contributed by atoms with Gasteiger partial charge in [-0.05, 0) is 50.3 Å². The van der Waals surface area contributed by atoms with Crippen molar-refractivity contribution in [2.45, 2.75) is 39.0 Å². The first kappa shape index (κ1) is 17.6. The lowest BCUT2D eigenvalue weighted by molar-refractivity contribution is -0.131. The van der Waals surface area contributed by atoms with Crippen LogP contribution in [-0.4, -0.2) is 48.7 Å². The van der Waals surface area contributed by atoms with Gasteiger partial charge in [0, 0.05) is 32.6 Å². The van der Waals surface area contributed by atoms with E-state index >= 15 is 0 Å². The molecule has 1 aromatic carbocycles. The van der Waals surface area contributed by atoms with Crippen molar-refractivity contribution < 1.29 is 9.90 Å². The molecule has 5 nitrogen and oxygen atoms in total. The highest BCUT2D eigenvalue weighted by molar-refractivity contribution is 5.76. The monoisotopic (exact) mass is 319 g/mol. The Morgan fingerprint density at radius 1 is 1.30 bits per heavy atom. The van der Waals surface area contributed by atoms with Crippen molar-refractivity contribution in [1.29, 1.82) is 0 Å². The highest BCUT2D eigenvalue weighted by Crippen LogP contribution is 2.27. The van der Waals surface area contributed by atoms with Gasteiger partial charge in [-0.15, -0.1) is 0 Å². The van der Waals surface area contributed by atoms with Crippen molar-refractivity contribution in [3.05, 3.63) is 23.8 Å². The van der Waals surface area contributed by atoms with Gasteiger partial charge in [-0.25, -0.2) is 0 Å². The van der Waals surface area contributed by atoms with Crippen LogP contribution in [-0.2, 0) is 11.2 Å². The first-order valence-corrected chi connectivity index (χ1v) is 8.67. The SMILES string of the molecule is CCN(CCO)C(=O)CCc1ccc(N2CCCCC2)c(N)c1. The summed E-state index contributed by atoms with van der Waals surface area (Å²) in [7, 11) is 0. The van der Waals surface area contributed by atoms with E-state index in [9.17, 15) is 4.79 Å². The summed E-state index contributed by atoms with van der Waals surface area (Å²) in [5, 5.41) is 8.98. The minimum absolute atomic E-state index is 0.0110. The highest BCUT2D eigenvalue weighted by Gasteiger charge is 2.15. The zero-order chi connectivity index (χ0) is 16.7. The molecule has 0 bridgehead atoms. The van der Waals surface area contributed by atoms with Crippen molar-refractivity contribution in [1.82, 2.24) is 4.90 Å². The van der Waals surface area contributed by atoms with Crippen LogP contribution in [0.15, 0.2) is 18.2 Å². The lowest BCUT2D eigenvalue weighted by atomic mass is 10.1. The van der Waals surface area contributed by atoms with Crippen molar-refractivity contribution in [2.24, 2.45) is 0 Å². The predicted molar refractivity (Wildman–Crippen MR) is 94.6 cm³/mol. The standard InChI is InChI=1S/C18H29N3O2/c1-2-20(12-13-22)18(23)9-7-15-6-8-17(16(19)14-15)21-10-4-3-5-11-21/h6,8,14,22H,2-5,7,9-13,19H2,1H3. The third-order valence-electron chi connectivity index (χ3n) is 4.52. The number of nitrogens with zero attached hydrogens (tertiary/aromatic N) is 2. The molecule has 0 spiro atoms. The van der Waals surface area contributed by atoms with E-state index in [1.54, 1.807) is 4.90 Å². The lowest BCUT2D eigenvalue weighted by Crippen LogP contribution is -2.33. The Hall–Kier alpha value is -1.75. The maximum atomic E-state index is 12.1. The van der Waals surface area contributed by atoms with Crippen molar-refractivity contribution >= 4 is 17.3 Å². The van der Waals surface area contributed by atoms with Crippen molar-refractivity contribution in [3.8, 4) is 0 Å². The maximum Gasteiger partial charge on any atom is 0.222 e. The maximum absolute atomic E-state index is 12.1. The molecule has 1 aliphatic heterocycles. The van der Waals surface area contributed by atoms with Gasteiger partial charge in [0.1, 0.15) is 0 Å². The number of aryl methyl sites for hydroxylation is 1. The molecule has 128 valence electrons. The van der Waals surface area contributed by atoms with Crippen LogP contribution in [0.2, 0.25) is 0 Å². The first-order valence-electron chi connectivity index (χ1n) is 8.67. The summed E-state index contributed by atoms with van der Waals surface area (Å²) in [5.41, 5.74) is 9.24. The number of aliphatic hydroxyl groups excluding tert-OH is 1. The van der Waals surface area contributed by atoms with Gasteiger partial charge in [0.25, 0.3) is 0 Å². The molecule has 1 amide bonds. The number of piperidine rings is 1. The molecule has 1 aliphatic rings. The van der Waals surface area contributed by atoms with Crippen molar-refractivity contribution in [3.63, 3.8) is 0 Å². The molecule has 0 saturated carbocycles. The smallest absolute Gasteiger partial charge is 0.222 e. The minimum Gasteiger partial charge on any atom is -0.397 e. The van der Waals surface area contributed by atoms with Gasteiger partial charge in [0.05, 0.1) is 18.0 Å². The average Bonchev–Trinajstić information content (AvgIpc) is 2.58. The number of benzene rings is 1. The molecule has 2 rings (SSSR count). The van der Waals surface area contributed by atoms with E-state index in [0.29, 0.717) is 25.9 Å². The van der Waals surface area contributed by atoms with Crippen LogP contribution in [0.3, 0.4) is 0 Å². The number of carbonyl (C=O) groups is 1. The zero-order valence-electron chi connectivity index (χ0n) is 14.1. The Balaban J connectivity index is 1.93. The topological polar surface area (TPSA) is 69.8 Å². The van der Waals surface area contributed by atoms with Crippen LogP contribution in [0, 0.1) is 0 Å². The zero-order valence-corrected chi connectivity index (χ0v) is 14.1. The second kappa shape index (κ2) is 8.77. The molecule has 23 heavy (non-hydrogen) atoms. The lowest BCUT2D eigenvalue weighted by Gasteiger charge is -2.30. The van der Waals surface area contributed by atoms with Gasteiger partial charge in [0.15, 0.2) is 0 Å². The van der Waals surface area contributed by atoms with E-state index < -0.39 is 0 Å². The van der Waals surface area contributed by atoms with Crippen LogP contribution in [0.5, 0.6) is 0 Å². The van der Waals surface area contributed by atoms with Gasteiger partial charge in [-0.2, -0.15) is 0 Å². The summed E-state index contributed by atoms with van der Waals surface area (Å²) in [5.74, 6) is 0.0835. The molecule has 0 atom stereocenters. The number of rotatable bonds is 7. The Morgan fingerprint density at radius 2 is 2.04 bits per heavy atom. The number of hydrogen-bond donors (Lipinski definition) is 2. The summed E-state index contributed by atoms with van der Waals surface area (Å²) < 4.78 is 0. The van der Waals surface area contributed by atoms with Crippen LogP contribution in [0.4, 0.5) is 11.4 Å². The number of likely N-dealkylation sites (N-methyl/N-ethyl adjacent to an activating group) is 1. The average molecular weight is 319 g/mol. The molecule has 1 aromatic rings. The van der Waals surface area contributed by atoms with Gasteiger partial charge < -0.3 is 20.6 Å². The molecule has 5 heteroatoms. The molecule has 1 heterocycles. The van der Waals surface area contributed by atoms with E-state index in [4.69, 9.17) is 10.8 Å². The Bertz CT molecular complexity index is 513. The van der Waals surface area contributed by atoms with E-state index in [2.05, 4.69) is 17.0 Å². The normalized spacial score (nSPS) is 14.8. The largest absolute Gasteiger partial charge is 0.397 e. The molecule has 0 aliphatic carbocycles. The number of aliphatic hydroxyl groups is 1. The number of nitrogen functional groups attached to an aromatic ring is 1. The third-order valence-corrected chi connectivity index (χ3v) is 4.52. The number of amides is 1. The molecular weight excluding hydrogens is 290 g/mol. The van der Waals surface area contributed by atoms with Gasteiger partial charge >= 0.3 is 0 Å². The second-order valence-electron chi connectivity index (χ2n) is 6.14. The van der Waals surface area contributed by atoms with E-state index in [0.717, 1.165) is 30.0 Å². The van der Waals surface area contributed by atoms with Crippen LogP contribution in [0.1, 0.15) is 38.2 Å². The molecule has 0 aromatic heterocycles. The number of anilines is 2. The van der Waals surface area contributed by atoms with Gasteiger partial charge in [-0.1, -0.05) is 6.07 Å². The molecule has 1 fully saturated rings. The number of hydrogen-bond acceptors (Lipinski definition) is 4. The fourth-order valence-electron chi connectivity index (χ4n) is 3.17. The number of carbonyl (C=O) groups excluding carboxylic acids is 1. The van der Waals surface area contributed by atoms with E-state index in [-0.39, 0.29) is 12.5 Å². The Labute approximate surface area is 139 Å². The van der Waals surface area contributed by atoms with Crippen LogP contribution in [0.25, 0.3) is 0 Å². The fraction of sp³-hybridized carbons (Fsp3) is 0.611. The second-order valence-corrected chi connectivity index (χ2v) is 6.14. The minimum atomic E-state index is 0.0110. The molecule has 3 N–H and O–H groups in total. The summed E-state index contributed by atoms with van der Waals surface area (Å²) >= 11 is 0. The van der Waals surface area contributed by atoms with Gasteiger partial charge in [0.2, 0.25) is 5.91 Å². The van der Waals surface area contributed by atoms with Crippen LogP contribution >= 0.6 is 0 Å². The van der Waals surface area contributed by atoms with Gasteiger partial charge in [-0.3, -0.25) is 4.79 Å². The summed E-state index contributed by atoms with van der Waals surface area (Å²) in [4.78, 5) is 16.2. The summed E-state index contributed by atoms with van der Waals surface area (Å²) in [6.07, 6.45) is 4.90. The van der Waals surface area contributed by atoms with Crippen LogP contribution < -0.4 is 10.6 Å². The predicted octanol–water partition coefficient (Wildman–Crippen LogP) is 2.03. The molecule has 1 saturated heterocycles. The number of nitrogens with two attached hydrogens (primary N) is 1. The first-order chi connectivity index (χ1) is 11.2. The summed E-state index contributed by atoms with van der Waals surface area (Å²) in [6.45, 7) is 5.14. The summed E-state index contributed by atoms with van der Waals surface area (Å²) in [6, 6.07) is 6.17. The molecule has 0 unspecified atom stereocenters. The molecular formula is C18H29N3O2. The quantitative estimate of drug-likeness (QED) is 0.755. The fourth-order valence-corrected chi connectivity index (χ4v) is 3.17.